The molecule has 0 aliphatic heterocycles. The number of nitrogens with two attached hydrogens (primary N) is 1. The third-order valence-electron chi connectivity index (χ3n) is 3.42. The van der Waals surface area contributed by atoms with Crippen molar-refractivity contribution < 1.29 is 9.18 Å². The average Bonchev–Trinajstić information content (AvgIpc) is 2.75. The van der Waals surface area contributed by atoms with E-state index in [1.807, 2.05) is 13.8 Å². The Bertz CT molecular complexity index is 619. The Balaban J connectivity index is 2.20. The van der Waals surface area contributed by atoms with Crippen LogP contribution in [0.25, 0.3) is 11.0 Å². The minimum Gasteiger partial charge on any atom is -0.369 e. The van der Waals surface area contributed by atoms with E-state index in [1.165, 1.54) is 6.07 Å². The molecule has 1 aromatic heterocycles. The predicted molar refractivity (Wildman–Crippen MR) is 76.6 cm³/mol. The molecule has 0 radical (unpaired) electrons. The van der Waals surface area contributed by atoms with Crippen LogP contribution in [0.2, 0.25) is 0 Å². The molecule has 0 spiro atoms. The largest absolute Gasteiger partial charge is 0.369 e. The summed E-state index contributed by atoms with van der Waals surface area (Å²) in [7, 11) is 0. The summed E-state index contributed by atoms with van der Waals surface area (Å²) in [6.07, 6.45) is 0.327. The Kier molecular flexibility index (Phi) is 4.22. The van der Waals surface area contributed by atoms with Gasteiger partial charge in [-0.1, -0.05) is 6.07 Å². The second kappa shape index (κ2) is 5.90. The summed E-state index contributed by atoms with van der Waals surface area (Å²) < 4.78 is 15.3. The Morgan fingerprint density at radius 1 is 1.40 bits per heavy atom. The van der Waals surface area contributed by atoms with E-state index in [-0.39, 0.29) is 17.4 Å². The van der Waals surface area contributed by atoms with Gasteiger partial charge >= 0.3 is 0 Å². The van der Waals surface area contributed by atoms with Gasteiger partial charge in [0.15, 0.2) is 5.82 Å². The number of hydrogen-bond acceptors (Lipinski definition) is 3. The fourth-order valence-corrected chi connectivity index (χ4v) is 2.31. The van der Waals surface area contributed by atoms with Gasteiger partial charge in [-0.25, -0.2) is 9.37 Å². The Morgan fingerprint density at radius 3 is 2.75 bits per heavy atom. The number of amides is 1. The van der Waals surface area contributed by atoms with Gasteiger partial charge in [0, 0.05) is 26.1 Å². The molecule has 0 aliphatic rings. The van der Waals surface area contributed by atoms with Crippen molar-refractivity contribution in [3.05, 3.63) is 24.0 Å². The molecule has 2 N–H and O–H groups in total. The summed E-state index contributed by atoms with van der Waals surface area (Å²) in [5, 5.41) is 0. The lowest BCUT2D eigenvalue weighted by atomic mass is 10.3. The summed E-state index contributed by atoms with van der Waals surface area (Å²) in [4.78, 5) is 17.8. The second-order valence-electron chi connectivity index (χ2n) is 4.55. The van der Waals surface area contributed by atoms with Gasteiger partial charge in [0.1, 0.15) is 5.52 Å². The zero-order valence-corrected chi connectivity index (χ0v) is 11.8. The molecule has 2 rings (SSSR count). The maximum absolute atomic E-state index is 13.6. The Morgan fingerprint density at radius 2 is 2.10 bits per heavy atom. The van der Waals surface area contributed by atoms with E-state index in [9.17, 15) is 9.18 Å². The monoisotopic (exact) mass is 278 g/mol. The number of halogens is 1. The number of fused-ring (bicyclic) bond motifs is 1. The number of para-hydroxylation sites is 1. The van der Waals surface area contributed by atoms with Crippen molar-refractivity contribution in [2.45, 2.75) is 26.8 Å². The Labute approximate surface area is 117 Å². The number of nitrogens with zero attached hydrogens (tertiary/aromatic N) is 3. The second-order valence-corrected chi connectivity index (χ2v) is 4.55. The summed E-state index contributed by atoms with van der Waals surface area (Å²) >= 11 is 0. The number of aromatic nitrogens is 2. The predicted octanol–water partition coefficient (Wildman–Crippen LogP) is 2.02. The first-order valence-electron chi connectivity index (χ1n) is 6.76. The SMILES string of the molecule is CCN(CC)C(=O)CCn1c(N)nc2c(F)cccc21. The van der Waals surface area contributed by atoms with Gasteiger partial charge in [-0.2, -0.15) is 0 Å². The summed E-state index contributed by atoms with van der Waals surface area (Å²) in [6.45, 7) is 5.66. The molecule has 0 aliphatic carbocycles. The van der Waals surface area contributed by atoms with Crippen molar-refractivity contribution in [2.24, 2.45) is 0 Å². The van der Waals surface area contributed by atoms with Crippen molar-refractivity contribution in [2.75, 3.05) is 18.8 Å². The van der Waals surface area contributed by atoms with Crippen molar-refractivity contribution in [3.8, 4) is 0 Å². The summed E-state index contributed by atoms with van der Waals surface area (Å²) in [6, 6.07) is 4.71. The molecule has 0 unspecified atom stereocenters. The lowest BCUT2D eigenvalue weighted by molar-refractivity contribution is -0.131. The molecule has 6 heteroatoms. The standard InChI is InChI=1S/C14H19FN4O/c1-3-18(4-2)12(20)8-9-19-11-7-5-6-10(15)13(11)17-14(19)16/h5-7H,3-4,8-9H2,1-2H3,(H2,16,17). The van der Waals surface area contributed by atoms with Crippen molar-refractivity contribution in [3.63, 3.8) is 0 Å². The van der Waals surface area contributed by atoms with E-state index in [0.29, 0.717) is 31.6 Å². The molecule has 0 atom stereocenters. The van der Waals surface area contributed by atoms with Crippen molar-refractivity contribution >= 4 is 22.9 Å². The van der Waals surface area contributed by atoms with Crippen LogP contribution >= 0.6 is 0 Å². The molecule has 20 heavy (non-hydrogen) atoms. The van der Waals surface area contributed by atoms with Crippen LogP contribution in [0.1, 0.15) is 20.3 Å². The lowest BCUT2D eigenvalue weighted by Gasteiger charge is -2.18. The van der Waals surface area contributed by atoms with Crippen LogP contribution in [0.4, 0.5) is 10.3 Å². The van der Waals surface area contributed by atoms with Crippen LogP contribution in [0, 0.1) is 5.82 Å². The number of carbonyl (C=O) groups excluding carboxylic acids is 1. The van der Waals surface area contributed by atoms with Gasteiger partial charge in [0.25, 0.3) is 0 Å². The molecule has 2 aromatic rings. The first-order chi connectivity index (χ1) is 9.58. The fourth-order valence-electron chi connectivity index (χ4n) is 2.31. The molecule has 0 saturated heterocycles. The summed E-state index contributed by atoms with van der Waals surface area (Å²) in [5.41, 5.74) is 6.68. The van der Waals surface area contributed by atoms with E-state index in [2.05, 4.69) is 4.98 Å². The number of aryl methyl sites for hydroxylation is 1. The van der Waals surface area contributed by atoms with E-state index in [0.717, 1.165) is 0 Å². The molecule has 1 amide bonds. The zero-order chi connectivity index (χ0) is 14.7. The highest BCUT2D eigenvalue weighted by atomic mass is 19.1. The topological polar surface area (TPSA) is 64.2 Å². The number of hydrogen-bond donors (Lipinski definition) is 1. The van der Waals surface area contributed by atoms with Crippen molar-refractivity contribution in [1.29, 1.82) is 0 Å². The van der Waals surface area contributed by atoms with Gasteiger partial charge in [-0.3, -0.25) is 4.79 Å². The van der Waals surface area contributed by atoms with Crippen LogP contribution in [0.15, 0.2) is 18.2 Å². The van der Waals surface area contributed by atoms with E-state index >= 15 is 0 Å². The quantitative estimate of drug-likeness (QED) is 0.910. The third kappa shape index (κ3) is 2.59. The Hall–Kier alpha value is -2.11. The number of imidazole rings is 1. The van der Waals surface area contributed by atoms with Crippen LogP contribution in [-0.2, 0) is 11.3 Å². The van der Waals surface area contributed by atoms with Crippen LogP contribution in [0.3, 0.4) is 0 Å². The van der Waals surface area contributed by atoms with E-state index in [1.54, 1.807) is 21.6 Å². The molecule has 0 fully saturated rings. The molecular formula is C14H19FN4O. The fraction of sp³-hybridized carbons (Fsp3) is 0.429. The van der Waals surface area contributed by atoms with Crippen LogP contribution in [-0.4, -0.2) is 33.4 Å². The maximum atomic E-state index is 13.6. The van der Waals surface area contributed by atoms with Crippen LogP contribution < -0.4 is 5.73 Å². The highest BCUT2D eigenvalue weighted by Gasteiger charge is 2.14. The number of rotatable bonds is 5. The zero-order valence-electron chi connectivity index (χ0n) is 11.8. The first-order valence-corrected chi connectivity index (χ1v) is 6.76. The number of nitrogen functional groups attached to an aromatic ring is 1. The number of anilines is 1. The molecule has 1 aromatic carbocycles. The molecule has 108 valence electrons. The van der Waals surface area contributed by atoms with Crippen LogP contribution in [0.5, 0.6) is 0 Å². The van der Waals surface area contributed by atoms with Gasteiger partial charge in [-0.05, 0) is 26.0 Å². The highest BCUT2D eigenvalue weighted by molar-refractivity contribution is 5.80. The average molecular weight is 278 g/mol. The molecule has 0 bridgehead atoms. The smallest absolute Gasteiger partial charge is 0.224 e. The molecule has 5 nitrogen and oxygen atoms in total. The van der Waals surface area contributed by atoms with Gasteiger partial charge in [0.2, 0.25) is 11.9 Å². The first kappa shape index (κ1) is 14.3. The number of carbonyl (C=O) groups is 1. The molecular weight excluding hydrogens is 259 g/mol. The van der Waals surface area contributed by atoms with Gasteiger partial charge < -0.3 is 15.2 Å². The molecule has 1 heterocycles. The number of benzene rings is 1. The maximum Gasteiger partial charge on any atom is 0.224 e. The van der Waals surface area contributed by atoms with Crippen molar-refractivity contribution in [1.82, 2.24) is 14.5 Å². The highest BCUT2D eigenvalue weighted by Crippen LogP contribution is 2.20. The third-order valence-corrected chi connectivity index (χ3v) is 3.42. The van der Waals surface area contributed by atoms with Gasteiger partial charge in [0.05, 0.1) is 5.52 Å². The summed E-state index contributed by atoms with van der Waals surface area (Å²) in [5.74, 6) is -0.104. The van der Waals surface area contributed by atoms with E-state index in [4.69, 9.17) is 5.73 Å². The van der Waals surface area contributed by atoms with Gasteiger partial charge in [-0.15, -0.1) is 0 Å². The van der Waals surface area contributed by atoms with E-state index < -0.39 is 5.82 Å². The lowest BCUT2D eigenvalue weighted by Crippen LogP contribution is -2.31. The minimum absolute atomic E-state index is 0.0626. The molecule has 0 saturated carbocycles. The normalized spacial score (nSPS) is 10.9. The minimum atomic E-state index is -0.400.